The van der Waals surface area contributed by atoms with Gasteiger partial charge in [-0.05, 0) is 24.5 Å². The first-order valence-electron chi connectivity index (χ1n) is 4.14. The molecule has 2 nitrogen and oxygen atoms in total. The standard InChI is InChI=1S/C10H11NO/c1-7-4-2-3-5-9-8(7)6-10(12)11-9/h2,4-5H,3,6H2,1H3,(H,11,12). The number of nitrogens with one attached hydrogen (secondary N) is 1. The molecule has 1 N–H and O–H groups in total. The highest BCUT2D eigenvalue weighted by atomic mass is 16.1. The third-order valence-electron chi connectivity index (χ3n) is 2.24. The van der Waals surface area contributed by atoms with Crippen molar-refractivity contribution < 1.29 is 4.79 Å². The van der Waals surface area contributed by atoms with Crippen LogP contribution in [0.25, 0.3) is 0 Å². The highest BCUT2D eigenvalue weighted by Crippen LogP contribution is 2.25. The van der Waals surface area contributed by atoms with Crippen molar-refractivity contribution >= 4 is 5.91 Å². The van der Waals surface area contributed by atoms with E-state index in [1.807, 2.05) is 6.92 Å². The molecule has 0 aromatic rings. The first-order valence-corrected chi connectivity index (χ1v) is 4.14. The maximum absolute atomic E-state index is 11.1. The smallest absolute Gasteiger partial charge is 0.228 e. The molecule has 0 spiro atoms. The lowest BCUT2D eigenvalue weighted by atomic mass is 10.1. The Morgan fingerprint density at radius 2 is 2.33 bits per heavy atom. The lowest BCUT2D eigenvalue weighted by molar-refractivity contribution is -0.118. The van der Waals surface area contributed by atoms with Crippen molar-refractivity contribution in [1.29, 1.82) is 0 Å². The minimum atomic E-state index is 0.117. The van der Waals surface area contributed by atoms with E-state index in [0.29, 0.717) is 6.42 Å². The largest absolute Gasteiger partial charge is 0.326 e. The van der Waals surface area contributed by atoms with Crippen LogP contribution in [0.15, 0.2) is 35.1 Å². The van der Waals surface area contributed by atoms with Gasteiger partial charge < -0.3 is 5.32 Å². The highest BCUT2D eigenvalue weighted by molar-refractivity contribution is 5.87. The number of carbonyl (C=O) groups is 1. The number of fused-ring (bicyclic) bond motifs is 1. The fourth-order valence-corrected chi connectivity index (χ4v) is 1.58. The van der Waals surface area contributed by atoms with E-state index in [9.17, 15) is 4.79 Å². The summed E-state index contributed by atoms with van der Waals surface area (Å²) in [6.07, 6.45) is 7.71. The Kier molecular flexibility index (Phi) is 1.61. The lowest BCUT2D eigenvalue weighted by Gasteiger charge is -1.99. The Bertz CT molecular complexity index is 321. The number of hydrogen-bond donors (Lipinski definition) is 1. The number of amides is 1. The zero-order valence-corrected chi connectivity index (χ0v) is 7.05. The maximum atomic E-state index is 11.1. The Morgan fingerprint density at radius 3 is 3.17 bits per heavy atom. The first kappa shape index (κ1) is 7.35. The Labute approximate surface area is 71.7 Å². The average molecular weight is 161 g/mol. The van der Waals surface area contributed by atoms with Gasteiger partial charge in [-0.25, -0.2) is 0 Å². The molecule has 0 radical (unpaired) electrons. The summed E-state index contributed by atoms with van der Waals surface area (Å²) in [5, 5.41) is 2.85. The van der Waals surface area contributed by atoms with Crippen molar-refractivity contribution in [2.75, 3.05) is 0 Å². The van der Waals surface area contributed by atoms with Crippen LogP contribution in [-0.4, -0.2) is 5.91 Å². The van der Waals surface area contributed by atoms with Crippen molar-refractivity contribution in [3.63, 3.8) is 0 Å². The van der Waals surface area contributed by atoms with E-state index in [-0.39, 0.29) is 5.91 Å². The molecule has 12 heavy (non-hydrogen) atoms. The van der Waals surface area contributed by atoms with Crippen LogP contribution in [-0.2, 0) is 4.79 Å². The molecule has 2 heteroatoms. The molecule has 0 saturated carbocycles. The van der Waals surface area contributed by atoms with Gasteiger partial charge in [0.1, 0.15) is 0 Å². The molecule has 2 aliphatic rings. The Morgan fingerprint density at radius 1 is 1.50 bits per heavy atom. The Balaban J connectivity index is 2.47. The number of carbonyl (C=O) groups excluding carboxylic acids is 1. The quantitative estimate of drug-likeness (QED) is 0.575. The molecular formula is C10H11NO. The second-order valence-corrected chi connectivity index (χ2v) is 3.14. The normalized spacial score (nSPS) is 21.8. The summed E-state index contributed by atoms with van der Waals surface area (Å²) in [6.45, 7) is 2.05. The predicted molar refractivity (Wildman–Crippen MR) is 47.3 cm³/mol. The topological polar surface area (TPSA) is 29.1 Å². The number of hydrogen-bond acceptors (Lipinski definition) is 1. The third kappa shape index (κ3) is 1.09. The molecule has 1 saturated heterocycles. The van der Waals surface area contributed by atoms with E-state index in [1.165, 1.54) is 5.57 Å². The molecular weight excluding hydrogens is 150 g/mol. The molecule has 1 aliphatic carbocycles. The van der Waals surface area contributed by atoms with Crippen LogP contribution in [0.2, 0.25) is 0 Å². The van der Waals surface area contributed by atoms with Gasteiger partial charge in [0.2, 0.25) is 5.91 Å². The molecule has 1 aliphatic heterocycles. The minimum Gasteiger partial charge on any atom is -0.326 e. The third-order valence-corrected chi connectivity index (χ3v) is 2.24. The van der Waals surface area contributed by atoms with E-state index < -0.39 is 0 Å². The number of allylic oxidation sites excluding steroid dienone is 5. The second kappa shape index (κ2) is 2.63. The van der Waals surface area contributed by atoms with Gasteiger partial charge in [-0.15, -0.1) is 0 Å². The van der Waals surface area contributed by atoms with Crippen molar-refractivity contribution in [2.45, 2.75) is 19.8 Å². The molecule has 2 rings (SSSR count). The van der Waals surface area contributed by atoms with Crippen LogP contribution in [0.4, 0.5) is 0 Å². The van der Waals surface area contributed by atoms with Crippen molar-refractivity contribution in [3.05, 3.63) is 35.1 Å². The van der Waals surface area contributed by atoms with Crippen molar-refractivity contribution in [1.82, 2.24) is 5.32 Å². The number of rotatable bonds is 0. The zero-order chi connectivity index (χ0) is 8.55. The SMILES string of the molecule is CC1=C2CC(=O)NC2=CCC=C1. The van der Waals surface area contributed by atoms with Gasteiger partial charge >= 0.3 is 0 Å². The van der Waals surface area contributed by atoms with Crippen LogP contribution in [0.5, 0.6) is 0 Å². The zero-order valence-electron chi connectivity index (χ0n) is 7.05. The molecule has 1 amide bonds. The summed E-state index contributed by atoms with van der Waals surface area (Å²) < 4.78 is 0. The molecule has 0 bridgehead atoms. The van der Waals surface area contributed by atoms with Gasteiger partial charge in [0.15, 0.2) is 0 Å². The fourth-order valence-electron chi connectivity index (χ4n) is 1.58. The average Bonchev–Trinajstić information content (AvgIpc) is 2.33. The monoisotopic (exact) mass is 161 g/mol. The van der Waals surface area contributed by atoms with Gasteiger partial charge in [0.05, 0.1) is 6.42 Å². The molecule has 0 unspecified atom stereocenters. The van der Waals surface area contributed by atoms with Crippen molar-refractivity contribution in [2.24, 2.45) is 0 Å². The van der Waals surface area contributed by atoms with Crippen LogP contribution >= 0.6 is 0 Å². The summed E-state index contributed by atoms with van der Waals surface area (Å²) in [4.78, 5) is 11.1. The minimum absolute atomic E-state index is 0.117. The van der Waals surface area contributed by atoms with Gasteiger partial charge in [0, 0.05) is 5.70 Å². The van der Waals surface area contributed by atoms with E-state index >= 15 is 0 Å². The van der Waals surface area contributed by atoms with Gasteiger partial charge in [-0.3, -0.25) is 4.79 Å². The molecule has 0 aromatic carbocycles. The molecule has 1 heterocycles. The molecule has 1 fully saturated rings. The summed E-state index contributed by atoms with van der Waals surface area (Å²) in [5.74, 6) is 0.117. The highest BCUT2D eigenvalue weighted by Gasteiger charge is 2.21. The van der Waals surface area contributed by atoms with Gasteiger partial charge in [-0.1, -0.05) is 18.2 Å². The van der Waals surface area contributed by atoms with Gasteiger partial charge in [0.25, 0.3) is 0 Å². The van der Waals surface area contributed by atoms with E-state index in [4.69, 9.17) is 0 Å². The maximum Gasteiger partial charge on any atom is 0.228 e. The molecule has 0 aromatic heterocycles. The second-order valence-electron chi connectivity index (χ2n) is 3.14. The van der Waals surface area contributed by atoms with E-state index in [2.05, 4.69) is 23.5 Å². The van der Waals surface area contributed by atoms with Crippen LogP contribution in [0.1, 0.15) is 19.8 Å². The fraction of sp³-hybridized carbons (Fsp3) is 0.300. The molecule has 0 atom stereocenters. The summed E-state index contributed by atoms with van der Waals surface area (Å²) >= 11 is 0. The van der Waals surface area contributed by atoms with Gasteiger partial charge in [-0.2, -0.15) is 0 Å². The summed E-state index contributed by atoms with van der Waals surface area (Å²) in [7, 11) is 0. The van der Waals surface area contributed by atoms with Crippen molar-refractivity contribution in [3.8, 4) is 0 Å². The summed E-state index contributed by atoms with van der Waals surface area (Å²) in [5.41, 5.74) is 3.38. The van der Waals surface area contributed by atoms with Crippen LogP contribution in [0.3, 0.4) is 0 Å². The van der Waals surface area contributed by atoms with E-state index in [0.717, 1.165) is 17.7 Å². The molecule has 62 valence electrons. The first-order chi connectivity index (χ1) is 5.77. The summed E-state index contributed by atoms with van der Waals surface area (Å²) in [6, 6.07) is 0. The predicted octanol–water partition coefficient (Wildman–Crippen LogP) is 1.67. The van der Waals surface area contributed by atoms with Crippen LogP contribution < -0.4 is 5.32 Å². The lowest BCUT2D eigenvalue weighted by Crippen LogP contribution is -2.11. The van der Waals surface area contributed by atoms with Crippen LogP contribution in [0, 0.1) is 0 Å². The Hall–Kier alpha value is -1.31. The van der Waals surface area contributed by atoms with E-state index in [1.54, 1.807) is 0 Å².